The van der Waals surface area contributed by atoms with E-state index in [0.717, 1.165) is 25.7 Å². The van der Waals surface area contributed by atoms with Crippen LogP contribution in [-0.2, 0) is 5.75 Å². The summed E-state index contributed by atoms with van der Waals surface area (Å²) < 4.78 is 3.99. The summed E-state index contributed by atoms with van der Waals surface area (Å²) in [4.78, 5) is 13.8. The Balaban J connectivity index is 1.76. The first-order valence-electron chi connectivity index (χ1n) is 9.40. The molecule has 6 heteroatoms. The van der Waals surface area contributed by atoms with Crippen LogP contribution in [0.3, 0.4) is 0 Å². The molecular formula is C24H20BrN2OS2+. The number of aryl methyl sites for hydroxylation is 1. The van der Waals surface area contributed by atoms with Gasteiger partial charge in [-0.3, -0.25) is 4.79 Å². The quantitative estimate of drug-likeness (QED) is 0.196. The van der Waals surface area contributed by atoms with Gasteiger partial charge < -0.3 is 5.73 Å². The fourth-order valence-electron chi connectivity index (χ4n) is 3.11. The van der Waals surface area contributed by atoms with Gasteiger partial charge in [0.15, 0.2) is 12.4 Å². The highest BCUT2D eigenvalue weighted by molar-refractivity contribution is 9.10. The number of aromatic nitrogens is 1. The van der Waals surface area contributed by atoms with Gasteiger partial charge in [0.1, 0.15) is 14.8 Å². The van der Waals surface area contributed by atoms with E-state index < -0.39 is 0 Å². The minimum absolute atomic E-state index is 0.0499. The third kappa shape index (κ3) is 4.51. The Morgan fingerprint density at radius 2 is 1.80 bits per heavy atom. The van der Waals surface area contributed by atoms with Crippen molar-refractivity contribution in [3.05, 3.63) is 105 Å². The molecule has 2 heterocycles. The van der Waals surface area contributed by atoms with Gasteiger partial charge in [0.25, 0.3) is 5.69 Å². The number of ketones is 1. The number of rotatable bonds is 6. The number of nitrogens with two attached hydrogens (primary N) is 1. The second kappa shape index (κ2) is 9.16. The second-order valence-electron chi connectivity index (χ2n) is 6.88. The molecule has 0 aliphatic heterocycles. The van der Waals surface area contributed by atoms with Crippen molar-refractivity contribution < 1.29 is 9.36 Å². The van der Waals surface area contributed by atoms with Gasteiger partial charge in [0, 0.05) is 27.4 Å². The highest BCUT2D eigenvalue weighted by Crippen LogP contribution is 2.40. The summed E-state index contributed by atoms with van der Waals surface area (Å²) in [7, 11) is 0. The number of carbonyl (C=O) groups is 1. The number of hydrogen-bond acceptors (Lipinski definition) is 4. The van der Waals surface area contributed by atoms with E-state index in [4.69, 9.17) is 5.73 Å². The Labute approximate surface area is 192 Å². The fourth-order valence-corrected chi connectivity index (χ4v) is 5.80. The van der Waals surface area contributed by atoms with Gasteiger partial charge in [-0.15, -0.1) is 23.1 Å². The number of benzene rings is 2. The van der Waals surface area contributed by atoms with Gasteiger partial charge >= 0.3 is 0 Å². The molecule has 150 valence electrons. The van der Waals surface area contributed by atoms with Gasteiger partial charge in [-0.05, 0) is 42.8 Å². The molecule has 0 bridgehead atoms. The molecule has 0 atom stereocenters. The summed E-state index contributed by atoms with van der Waals surface area (Å²) in [5, 5.41) is 0. The Hall–Kier alpha value is -2.41. The van der Waals surface area contributed by atoms with Gasteiger partial charge in [0.05, 0.1) is 0 Å². The third-order valence-corrected chi connectivity index (χ3v) is 7.67. The molecule has 0 fully saturated rings. The van der Waals surface area contributed by atoms with E-state index in [2.05, 4.69) is 28.1 Å². The predicted octanol–water partition coefficient (Wildman–Crippen LogP) is 6.20. The van der Waals surface area contributed by atoms with Crippen LogP contribution in [0, 0.1) is 6.92 Å². The number of pyridine rings is 1. The molecule has 4 aromatic rings. The van der Waals surface area contributed by atoms with Gasteiger partial charge in [0.2, 0.25) is 5.78 Å². The average Bonchev–Trinajstić information content (AvgIpc) is 3.09. The topological polar surface area (TPSA) is 47.0 Å². The summed E-state index contributed by atoms with van der Waals surface area (Å²) in [6.45, 7) is 2.05. The molecule has 0 amide bonds. The van der Waals surface area contributed by atoms with Crippen LogP contribution < -0.4 is 10.3 Å². The maximum absolute atomic E-state index is 13.2. The van der Waals surface area contributed by atoms with Crippen LogP contribution >= 0.6 is 39.0 Å². The SMILES string of the molecule is Cc1ccc[n+](-c2c(SCc3ccccc3)sc(C(=O)c3ccc(Br)cc3)c2N)c1. The van der Waals surface area contributed by atoms with Crippen LogP contribution in [-0.4, -0.2) is 5.78 Å². The van der Waals surface area contributed by atoms with Crippen LogP contribution in [0.25, 0.3) is 5.69 Å². The highest BCUT2D eigenvalue weighted by atomic mass is 79.9. The van der Waals surface area contributed by atoms with Crippen molar-refractivity contribution in [2.24, 2.45) is 0 Å². The van der Waals surface area contributed by atoms with Gasteiger partial charge in [-0.1, -0.05) is 46.3 Å². The molecule has 2 aromatic carbocycles. The number of anilines is 1. The van der Waals surface area contributed by atoms with E-state index in [-0.39, 0.29) is 5.78 Å². The molecule has 0 aliphatic rings. The van der Waals surface area contributed by atoms with Crippen molar-refractivity contribution in [1.29, 1.82) is 0 Å². The summed E-state index contributed by atoms with van der Waals surface area (Å²) in [6.07, 6.45) is 4.02. The smallest absolute Gasteiger partial charge is 0.259 e. The van der Waals surface area contributed by atoms with Crippen LogP contribution in [0.15, 0.2) is 87.8 Å². The first kappa shape index (κ1) is 20.8. The van der Waals surface area contributed by atoms with Crippen molar-refractivity contribution in [2.45, 2.75) is 16.9 Å². The molecule has 4 rings (SSSR count). The molecule has 0 unspecified atom stereocenters. The minimum atomic E-state index is -0.0499. The maximum Gasteiger partial charge on any atom is 0.259 e. The zero-order valence-corrected chi connectivity index (χ0v) is 19.6. The van der Waals surface area contributed by atoms with E-state index in [1.165, 1.54) is 16.9 Å². The number of thiophene rings is 1. The summed E-state index contributed by atoms with van der Waals surface area (Å²) >= 11 is 6.60. The number of nitrogens with zero attached hydrogens (tertiary/aromatic N) is 1. The van der Waals surface area contributed by atoms with Gasteiger partial charge in [-0.2, -0.15) is 4.57 Å². The molecule has 0 radical (unpaired) electrons. The van der Waals surface area contributed by atoms with E-state index in [1.807, 2.05) is 78.5 Å². The summed E-state index contributed by atoms with van der Waals surface area (Å²) in [5.41, 5.74) is 11.0. The molecule has 30 heavy (non-hydrogen) atoms. The number of halogens is 1. The summed E-state index contributed by atoms with van der Waals surface area (Å²) in [6, 6.07) is 21.7. The van der Waals surface area contributed by atoms with Crippen LogP contribution in [0.2, 0.25) is 0 Å². The third-order valence-electron chi connectivity index (χ3n) is 4.62. The molecule has 3 nitrogen and oxygen atoms in total. The largest absolute Gasteiger partial charge is 0.392 e. The van der Waals surface area contributed by atoms with Crippen molar-refractivity contribution >= 4 is 50.5 Å². The number of nitrogen functional groups attached to an aromatic ring is 1. The zero-order chi connectivity index (χ0) is 21.1. The van der Waals surface area contributed by atoms with Crippen molar-refractivity contribution in [1.82, 2.24) is 0 Å². The number of carbonyl (C=O) groups excluding carboxylic acids is 1. The molecule has 0 saturated heterocycles. The van der Waals surface area contributed by atoms with Gasteiger partial charge in [-0.25, -0.2) is 0 Å². The van der Waals surface area contributed by atoms with Crippen molar-refractivity contribution in [3.63, 3.8) is 0 Å². The first-order valence-corrected chi connectivity index (χ1v) is 12.0. The molecule has 0 aliphatic carbocycles. The Kier molecular flexibility index (Phi) is 6.37. The monoisotopic (exact) mass is 495 g/mol. The minimum Gasteiger partial charge on any atom is -0.392 e. The van der Waals surface area contributed by atoms with Crippen molar-refractivity contribution in [2.75, 3.05) is 5.73 Å². The lowest BCUT2D eigenvalue weighted by Crippen LogP contribution is -2.31. The van der Waals surface area contributed by atoms with E-state index in [9.17, 15) is 4.79 Å². The number of thioether (sulfide) groups is 1. The zero-order valence-electron chi connectivity index (χ0n) is 16.3. The summed E-state index contributed by atoms with van der Waals surface area (Å²) in [5.74, 6) is 0.762. The average molecular weight is 496 g/mol. The predicted molar refractivity (Wildman–Crippen MR) is 129 cm³/mol. The van der Waals surface area contributed by atoms with Crippen LogP contribution in [0.5, 0.6) is 0 Å². The van der Waals surface area contributed by atoms with E-state index in [1.54, 1.807) is 11.8 Å². The van der Waals surface area contributed by atoms with E-state index >= 15 is 0 Å². The lowest BCUT2D eigenvalue weighted by atomic mass is 10.1. The lowest BCUT2D eigenvalue weighted by Gasteiger charge is -2.02. The Bertz CT molecular complexity index is 1190. The maximum atomic E-state index is 13.2. The Morgan fingerprint density at radius 1 is 1.07 bits per heavy atom. The van der Waals surface area contributed by atoms with Crippen molar-refractivity contribution in [3.8, 4) is 5.69 Å². The molecular weight excluding hydrogens is 476 g/mol. The van der Waals surface area contributed by atoms with Crippen LogP contribution in [0.1, 0.15) is 26.4 Å². The fraction of sp³-hybridized carbons (Fsp3) is 0.0833. The molecule has 2 aromatic heterocycles. The van der Waals surface area contributed by atoms with Crippen LogP contribution in [0.4, 0.5) is 5.69 Å². The Morgan fingerprint density at radius 3 is 2.50 bits per heavy atom. The number of hydrogen-bond donors (Lipinski definition) is 1. The lowest BCUT2D eigenvalue weighted by molar-refractivity contribution is -0.597. The highest BCUT2D eigenvalue weighted by Gasteiger charge is 2.28. The standard InChI is InChI=1S/C24H19BrN2OS2/c1-16-6-5-13-27(14-16)21-20(26)23(22(28)18-9-11-19(25)12-10-18)30-24(21)29-15-17-7-3-2-4-8-17/h2-14H,15H2,1H3,(H-,26,28)/p+1. The normalized spacial score (nSPS) is 10.9. The molecule has 2 N–H and O–H groups in total. The van der Waals surface area contributed by atoms with E-state index in [0.29, 0.717) is 16.1 Å². The molecule has 0 saturated carbocycles. The first-order chi connectivity index (χ1) is 14.5. The second-order valence-corrected chi connectivity index (χ2v) is 10.1. The molecule has 0 spiro atoms.